The molecule has 4 N–H and O–H groups in total. The van der Waals surface area contributed by atoms with Crippen LogP contribution < -0.4 is 11.1 Å². The van der Waals surface area contributed by atoms with Crippen molar-refractivity contribution < 1.29 is 14.7 Å². The third kappa shape index (κ3) is 5.88. The Hall–Kier alpha value is -1.88. The van der Waals surface area contributed by atoms with E-state index < -0.39 is 17.4 Å². The van der Waals surface area contributed by atoms with Gasteiger partial charge >= 0.3 is 5.97 Å². The first-order valence-corrected chi connectivity index (χ1v) is 12.2. The van der Waals surface area contributed by atoms with E-state index in [2.05, 4.69) is 24.4 Å². The van der Waals surface area contributed by atoms with Crippen molar-refractivity contribution in [3.8, 4) is 0 Å². The normalized spacial score (nSPS) is 21.6. The fourth-order valence-electron chi connectivity index (χ4n) is 5.68. The second-order valence-electron chi connectivity index (χ2n) is 10.1. The molecule has 0 heterocycles. The fourth-order valence-corrected chi connectivity index (χ4v) is 5.68. The Balaban J connectivity index is 1.67. The molecular weight excluding hydrogens is 388 g/mol. The highest BCUT2D eigenvalue weighted by atomic mass is 16.4. The zero-order valence-electron chi connectivity index (χ0n) is 19.1. The number of hydrogen-bond donors (Lipinski definition) is 3. The quantitative estimate of drug-likeness (QED) is 0.559. The van der Waals surface area contributed by atoms with Crippen molar-refractivity contribution in [1.29, 1.82) is 0 Å². The van der Waals surface area contributed by atoms with Crippen LogP contribution in [0.15, 0.2) is 24.3 Å². The van der Waals surface area contributed by atoms with Gasteiger partial charge in [0.2, 0.25) is 5.91 Å². The van der Waals surface area contributed by atoms with Crippen LogP contribution in [0.2, 0.25) is 0 Å². The zero-order valence-corrected chi connectivity index (χ0v) is 19.1. The van der Waals surface area contributed by atoms with Crippen LogP contribution in [0.3, 0.4) is 0 Å². The third-order valence-electron chi connectivity index (χ3n) is 7.82. The van der Waals surface area contributed by atoms with E-state index in [9.17, 15) is 14.7 Å². The van der Waals surface area contributed by atoms with Gasteiger partial charge in [-0.1, -0.05) is 76.1 Å². The number of hydrogen-bond acceptors (Lipinski definition) is 3. The lowest BCUT2D eigenvalue weighted by Gasteiger charge is -2.32. The molecule has 1 aromatic rings. The number of carboxylic acid groups (broad SMARTS) is 1. The molecule has 2 aliphatic carbocycles. The summed E-state index contributed by atoms with van der Waals surface area (Å²) in [7, 11) is 0. The molecule has 0 bridgehead atoms. The maximum Gasteiger partial charge on any atom is 0.326 e. The van der Waals surface area contributed by atoms with Gasteiger partial charge in [0.25, 0.3) is 0 Å². The smallest absolute Gasteiger partial charge is 0.326 e. The Bertz CT molecular complexity index is 730. The SMILES string of the molecule is CC1(c2ccc(C[C@H](NC(=O)C3(CCN)CCCC3)C(=O)O)cc2)CCCCCCC1. The van der Waals surface area contributed by atoms with Crippen LogP contribution in [-0.4, -0.2) is 29.6 Å². The highest BCUT2D eigenvalue weighted by molar-refractivity contribution is 5.87. The molecule has 2 fully saturated rings. The fraction of sp³-hybridized carbons (Fsp3) is 0.692. The monoisotopic (exact) mass is 428 g/mol. The lowest BCUT2D eigenvalue weighted by Crippen LogP contribution is -2.49. The largest absolute Gasteiger partial charge is 0.480 e. The number of benzene rings is 1. The van der Waals surface area contributed by atoms with Gasteiger partial charge in [0.15, 0.2) is 0 Å². The van der Waals surface area contributed by atoms with Gasteiger partial charge in [0.05, 0.1) is 5.41 Å². The molecule has 0 saturated heterocycles. The number of carbonyl (C=O) groups excluding carboxylic acids is 1. The van der Waals surface area contributed by atoms with E-state index in [-0.39, 0.29) is 11.3 Å². The molecule has 0 radical (unpaired) electrons. The molecule has 0 aliphatic heterocycles. The maximum absolute atomic E-state index is 13.0. The van der Waals surface area contributed by atoms with E-state index in [1.165, 1.54) is 50.5 Å². The minimum absolute atomic E-state index is 0.137. The van der Waals surface area contributed by atoms with Gasteiger partial charge in [0, 0.05) is 6.42 Å². The molecule has 0 unspecified atom stereocenters. The molecule has 0 aromatic heterocycles. The molecule has 1 amide bonds. The van der Waals surface area contributed by atoms with Crippen LogP contribution in [0.1, 0.15) is 95.1 Å². The number of carbonyl (C=O) groups is 2. The third-order valence-corrected chi connectivity index (χ3v) is 7.82. The summed E-state index contributed by atoms with van der Waals surface area (Å²) in [6, 6.07) is 7.53. The molecule has 1 aromatic carbocycles. The van der Waals surface area contributed by atoms with Gasteiger partial charge in [-0.25, -0.2) is 4.79 Å². The Kier molecular flexibility index (Phi) is 8.15. The number of carboxylic acids is 1. The standard InChI is InChI=1S/C26H40N2O3/c1-25(13-5-3-2-4-6-14-25)21-11-9-20(10-12-21)19-22(23(29)30)28-24(31)26(17-18-27)15-7-8-16-26/h9-12,22H,2-8,13-19,27H2,1H3,(H,28,31)(H,29,30)/t22-/m0/s1. The predicted molar refractivity (Wildman–Crippen MR) is 124 cm³/mol. The van der Waals surface area contributed by atoms with Gasteiger partial charge in [-0.15, -0.1) is 0 Å². The summed E-state index contributed by atoms with van der Waals surface area (Å²) >= 11 is 0. The van der Waals surface area contributed by atoms with Gasteiger partial charge in [0.1, 0.15) is 6.04 Å². The molecule has 2 aliphatic rings. The number of nitrogens with one attached hydrogen (secondary N) is 1. The minimum atomic E-state index is -0.981. The van der Waals surface area contributed by atoms with E-state index >= 15 is 0 Å². The Morgan fingerprint density at radius 1 is 0.968 bits per heavy atom. The highest BCUT2D eigenvalue weighted by Gasteiger charge is 2.41. The summed E-state index contributed by atoms with van der Waals surface area (Å²) in [5, 5.41) is 12.6. The zero-order chi connectivity index (χ0) is 22.3. The molecule has 5 nitrogen and oxygen atoms in total. The van der Waals surface area contributed by atoms with Crippen LogP contribution in [0.4, 0.5) is 0 Å². The second-order valence-corrected chi connectivity index (χ2v) is 10.1. The van der Waals surface area contributed by atoms with Crippen LogP contribution in [0, 0.1) is 5.41 Å². The van der Waals surface area contributed by atoms with Gasteiger partial charge in [-0.05, 0) is 55.2 Å². The van der Waals surface area contributed by atoms with Crippen molar-refractivity contribution in [2.24, 2.45) is 11.1 Å². The Morgan fingerprint density at radius 3 is 2.06 bits per heavy atom. The average molecular weight is 429 g/mol. The summed E-state index contributed by atoms with van der Waals surface area (Å²) in [6.07, 6.45) is 13.5. The van der Waals surface area contributed by atoms with Crippen LogP contribution in [0.5, 0.6) is 0 Å². The van der Waals surface area contributed by atoms with Crippen molar-refractivity contribution >= 4 is 11.9 Å². The summed E-state index contributed by atoms with van der Waals surface area (Å²) in [5.74, 6) is -1.12. The minimum Gasteiger partial charge on any atom is -0.480 e. The first kappa shape index (κ1) is 23.8. The van der Waals surface area contributed by atoms with Crippen molar-refractivity contribution in [2.45, 2.75) is 102 Å². The van der Waals surface area contributed by atoms with Gasteiger partial charge in [-0.3, -0.25) is 4.79 Å². The van der Waals surface area contributed by atoms with E-state index in [0.717, 1.165) is 31.2 Å². The first-order valence-electron chi connectivity index (χ1n) is 12.2. The summed E-state index contributed by atoms with van der Waals surface area (Å²) in [4.78, 5) is 24.9. The van der Waals surface area contributed by atoms with E-state index in [4.69, 9.17) is 5.73 Å². The second kappa shape index (κ2) is 10.6. The van der Waals surface area contributed by atoms with Crippen LogP contribution in [0.25, 0.3) is 0 Å². The number of nitrogens with two attached hydrogens (primary N) is 1. The summed E-state index contributed by atoms with van der Waals surface area (Å²) < 4.78 is 0. The van der Waals surface area contributed by atoms with Crippen LogP contribution in [-0.2, 0) is 21.4 Å². The maximum atomic E-state index is 13.0. The first-order chi connectivity index (χ1) is 14.9. The van der Waals surface area contributed by atoms with Gasteiger partial charge < -0.3 is 16.2 Å². The molecule has 5 heteroatoms. The number of aliphatic carboxylic acids is 1. The molecule has 3 rings (SSSR count). The van der Waals surface area contributed by atoms with Crippen molar-refractivity contribution in [3.63, 3.8) is 0 Å². The lowest BCUT2D eigenvalue weighted by molar-refractivity contribution is -0.144. The highest BCUT2D eigenvalue weighted by Crippen LogP contribution is 2.41. The number of rotatable bonds is 8. The van der Waals surface area contributed by atoms with Crippen molar-refractivity contribution in [1.82, 2.24) is 5.32 Å². The van der Waals surface area contributed by atoms with Crippen molar-refractivity contribution in [3.05, 3.63) is 35.4 Å². The Labute approximate surface area is 187 Å². The number of amides is 1. The van der Waals surface area contributed by atoms with Crippen LogP contribution >= 0.6 is 0 Å². The summed E-state index contributed by atoms with van der Waals surface area (Å²) in [6.45, 7) is 2.82. The van der Waals surface area contributed by atoms with Crippen molar-refractivity contribution in [2.75, 3.05) is 6.54 Å². The lowest BCUT2D eigenvalue weighted by atomic mass is 9.73. The topological polar surface area (TPSA) is 92.4 Å². The predicted octanol–water partition coefficient (Wildman–Crippen LogP) is 4.71. The Morgan fingerprint density at radius 2 is 1.52 bits per heavy atom. The molecule has 0 spiro atoms. The molecule has 1 atom stereocenters. The summed E-state index contributed by atoms with van der Waals surface area (Å²) in [5.41, 5.74) is 7.77. The average Bonchev–Trinajstić information content (AvgIpc) is 3.21. The van der Waals surface area contributed by atoms with E-state index in [1.54, 1.807) is 0 Å². The van der Waals surface area contributed by atoms with Gasteiger partial charge in [-0.2, -0.15) is 0 Å². The molecule has 2 saturated carbocycles. The van der Waals surface area contributed by atoms with E-state index in [0.29, 0.717) is 19.4 Å². The molecule has 172 valence electrons. The molecular formula is C26H40N2O3. The van der Waals surface area contributed by atoms with E-state index in [1.807, 2.05) is 12.1 Å². The molecule has 31 heavy (non-hydrogen) atoms.